The van der Waals surface area contributed by atoms with Crippen molar-refractivity contribution in [1.82, 2.24) is 5.32 Å². The van der Waals surface area contributed by atoms with Gasteiger partial charge in [-0.2, -0.15) is 0 Å². The smallest absolute Gasteiger partial charge is 0.242 e. The number of hydrogen-bond acceptors (Lipinski definition) is 3. The number of benzene rings is 1. The third-order valence-corrected chi connectivity index (χ3v) is 2.53. The van der Waals surface area contributed by atoms with E-state index in [1.807, 2.05) is 24.3 Å². The molecular formula is C11H15N3O. The lowest BCUT2D eigenvalue weighted by Crippen LogP contribution is -2.40. The molecule has 0 unspecified atom stereocenters. The first-order valence-electron chi connectivity index (χ1n) is 5.13. The molecule has 2 rings (SSSR count). The molecule has 0 radical (unpaired) electrons. The highest BCUT2D eigenvalue weighted by atomic mass is 16.2. The molecule has 1 aliphatic rings. The van der Waals surface area contributed by atoms with E-state index in [0.717, 1.165) is 12.1 Å². The minimum Gasteiger partial charge on any atom is -0.373 e. The van der Waals surface area contributed by atoms with Crippen LogP contribution in [-0.4, -0.2) is 25.0 Å². The maximum absolute atomic E-state index is 11.6. The first-order chi connectivity index (χ1) is 7.31. The zero-order valence-electron chi connectivity index (χ0n) is 8.49. The van der Waals surface area contributed by atoms with Crippen LogP contribution in [0.3, 0.4) is 0 Å². The summed E-state index contributed by atoms with van der Waals surface area (Å²) >= 11 is 0. The van der Waals surface area contributed by atoms with Crippen molar-refractivity contribution in [3.05, 3.63) is 29.8 Å². The van der Waals surface area contributed by atoms with Crippen molar-refractivity contribution < 1.29 is 4.79 Å². The van der Waals surface area contributed by atoms with Crippen LogP contribution < -0.4 is 16.4 Å². The normalized spacial score (nSPS) is 18.1. The maximum Gasteiger partial charge on any atom is 0.242 e. The van der Waals surface area contributed by atoms with Gasteiger partial charge in [-0.05, 0) is 11.6 Å². The van der Waals surface area contributed by atoms with E-state index in [1.165, 1.54) is 5.56 Å². The van der Waals surface area contributed by atoms with Gasteiger partial charge in [-0.3, -0.25) is 4.79 Å². The van der Waals surface area contributed by atoms with Crippen molar-refractivity contribution in [2.45, 2.75) is 12.5 Å². The number of amides is 1. The molecule has 1 amide bonds. The van der Waals surface area contributed by atoms with Gasteiger partial charge in [0.2, 0.25) is 5.91 Å². The Balaban J connectivity index is 1.98. The Hall–Kier alpha value is -1.55. The van der Waals surface area contributed by atoms with Crippen molar-refractivity contribution >= 4 is 11.6 Å². The molecule has 1 aromatic rings. The molecule has 0 fully saturated rings. The molecule has 1 aliphatic heterocycles. The Kier molecular flexibility index (Phi) is 2.87. The van der Waals surface area contributed by atoms with Gasteiger partial charge in [0.1, 0.15) is 6.04 Å². The van der Waals surface area contributed by atoms with Crippen molar-refractivity contribution in [2.24, 2.45) is 5.73 Å². The largest absolute Gasteiger partial charge is 0.373 e. The van der Waals surface area contributed by atoms with Crippen molar-refractivity contribution in [3.63, 3.8) is 0 Å². The quantitative estimate of drug-likeness (QED) is 0.655. The van der Waals surface area contributed by atoms with Crippen LogP contribution in [0.2, 0.25) is 0 Å². The maximum atomic E-state index is 11.6. The third-order valence-electron chi connectivity index (χ3n) is 2.53. The predicted molar refractivity (Wildman–Crippen MR) is 59.6 cm³/mol. The molecule has 1 aromatic carbocycles. The minimum absolute atomic E-state index is 0.0247. The van der Waals surface area contributed by atoms with E-state index in [1.54, 1.807) is 0 Å². The summed E-state index contributed by atoms with van der Waals surface area (Å²) in [6.45, 7) is 1.01. The summed E-state index contributed by atoms with van der Waals surface area (Å²) in [6, 6.07) is 7.84. The second-order valence-corrected chi connectivity index (χ2v) is 3.64. The summed E-state index contributed by atoms with van der Waals surface area (Å²) in [6.07, 6.45) is 0.757. The molecule has 0 spiro atoms. The van der Waals surface area contributed by atoms with Crippen LogP contribution in [0.15, 0.2) is 24.3 Å². The number of hydrogen-bond donors (Lipinski definition) is 3. The van der Waals surface area contributed by atoms with Crippen LogP contribution in [0.4, 0.5) is 5.69 Å². The van der Waals surface area contributed by atoms with Gasteiger partial charge in [-0.15, -0.1) is 0 Å². The molecule has 0 bridgehead atoms. The van der Waals surface area contributed by atoms with Gasteiger partial charge in [-0.25, -0.2) is 0 Å². The summed E-state index contributed by atoms with van der Waals surface area (Å²) < 4.78 is 0. The summed E-state index contributed by atoms with van der Waals surface area (Å²) in [5, 5.41) is 5.97. The second kappa shape index (κ2) is 4.31. The monoisotopic (exact) mass is 205 g/mol. The molecule has 15 heavy (non-hydrogen) atoms. The van der Waals surface area contributed by atoms with Gasteiger partial charge in [0, 0.05) is 25.2 Å². The number of carbonyl (C=O) groups is 1. The minimum atomic E-state index is -0.144. The number of fused-ring (bicyclic) bond motifs is 1. The Bertz CT molecular complexity index is 340. The molecule has 4 nitrogen and oxygen atoms in total. The first-order valence-corrected chi connectivity index (χ1v) is 5.13. The van der Waals surface area contributed by atoms with Gasteiger partial charge in [0.05, 0.1) is 0 Å². The fourth-order valence-corrected chi connectivity index (χ4v) is 1.77. The van der Waals surface area contributed by atoms with Gasteiger partial charge in [0.15, 0.2) is 0 Å². The average Bonchev–Trinajstić information content (AvgIpc) is 2.69. The highest BCUT2D eigenvalue weighted by molar-refractivity contribution is 5.87. The molecule has 1 atom stereocenters. The van der Waals surface area contributed by atoms with E-state index in [-0.39, 0.29) is 11.9 Å². The zero-order chi connectivity index (χ0) is 10.7. The van der Waals surface area contributed by atoms with E-state index in [9.17, 15) is 4.79 Å². The predicted octanol–water partition coefficient (Wildman–Crippen LogP) is 0.0981. The molecule has 0 aliphatic carbocycles. The molecule has 0 saturated carbocycles. The molecule has 80 valence electrons. The van der Waals surface area contributed by atoms with Gasteiger partial charge in [0.25, 0.3) is 0 Å². The molecule has 0 aromatic heterocycles. The number of para-hydroxylation sites is 1. The summed E-state index contributed by atoms with van der Waals surface area (Å²) in [5.41, 5.74) is 7.58. The number of rotatable bonds is 3. The van der Waals surface area contributed by atoms with Crippen LogP contribution in [-0.2, 0) is 11.2 Å². The van der Waals surface area contributed by atoms with E-state index in [2.05, 4.69) is 10.6 Å². The van der Waals surface area contributed by atoms with Crippen LogP contribution in [0.5, 0.6) is 0 Å². The molecule has 4 N–H and O–H groups in total. The Morgan fingerprint density at radius 1 is 1.53 bits per heavy atom. The average molecular weight is 205 g/mol. The van der Waals surface area contributed by atoms with Crippen LogP contribution in [0.1, 0.15) is 5.56 Å². The van der Waals surface area contributed by atoms with E-state index in [4.69, 9.17) is 5.73 Å². The molecule has 4 heteroatoms. The molecule has 1 heterocycles. The summed E-state index contributed by atoms with van der Waals surface area (Å²) in [7, 11) is 0. The third kappa shape index (κ3) is 2.10. The van der Waals surface area contributed by atoms with Crippen LogP contribution in [0.25, 0.3) is 0 Å². The van der Waals surface area contributed by atoms with Gasteiger partial charge >= 0.3 is 0 Å². The number of anilines is 1. The lowest BCUT2D eigenvalue weighted by Gasteiger charge is -2.10. The van der Waals surface area contributed by atoms with Gasteiger partial charge < -0.3 is 16.4 Å². The first kappa shape index (κ1) is 9.98. The van der Waals surface area contributed by atoms with Crippen molar-refractivity contribution in [3.8, 4) is 0 Å². The topological polar surface area (TPSA) is 67.1 Å². The fraction of sp³-hybridized carbons (Fsp3) is 0.364. The van der Waals surface area contributed by atoms with E-state index >= 15 is 0 Å². The van der Waals surface area contributed by atoms with Crippen LogP contribution in [0, 0.1) is 0 Å². The Labute approximate surface area is 88.9 Å². The lowest BCUT2D eigenvalue weighted by atomic mass is 10.1. The number of carbonyl (C=O) groups excluding carboxylic acids is 1. The Morgan fingerprint density at radius 2 is 2.33 bits per heavy atom. The summed E-state index contributed by atoms with van der Waals surface area (Å²) in [4.78, 5) is 11.6. The number of nitrogens with one attached hydrogen (secondary N) is 2. The fourth-order valence-electron chi connectivity index (χ4n) is 1.77. The number of nitrogens with two attached hydrogens (primary N) is 1. The van der Waals surface area contributed by atoms with E-state index < -0.39 is 0 Å². The SMILES string of the molecule is NCCNC(=O)[C@@H]1Cc2ccccc2N1. The summed E-state index contributed by atoms with van der Waals surface area (Å²) in [5.74, 6) is 0.0247. The highest BCUT2D eigenvalue weighted by Crippen LogP contribution is 2.24. The molecular weight excluding hydrogens is 190 g/mol. The highest BCUT2D eigenvalue weighted by Gasteiger charge is 2.25. The standard InChI is InChI=1S/C11H15N3O/c12-5-6-13-11(15)10-7-8-3-1-2-4-9(8)14-10/h1-4,10,14H,5-7,12H2,(H,13,15)/t10-/m0/s1. The van der Waals surface area contributed by atoms with Crippen molar-refractivity contribution in [1.29, 1.82) is 0 Å². The van der Waals surface area contributed by atoms with Crippen molar-refractivity contribution in [2.75, 3.05) is 18.4 Å². The zero-order valence-corrected chi connectivity index (χ0v) is 8.49. The van der Waals surface area contributed by atoms with Gasteiger partial charge in [-0.1, -0.05) is 18.2 Å². The lowest BCUT2D eigenvalue weighted by molar-refractivity contribution is -0.121. The Morgan fingerprint density at radius 3 is 3.07 bits per heavy atom. The van der Waals surface area contributed by atoms with E-state index in [0.29, 0.717) is 13.1 Å². The van der Waals surface area contributed by atoms with Crippen LogP contribution >= 0.6 is 0 Å². The second-order valence-electron chi connectivity index (χ2n) is 3.64. The molecule has 0 saturated heterocycles.